The maximum atomic E-state index is 12.3. The van der Waals surface area contributed by atoms with Gasteiger partial charge < -0.3 is 19.2 Å². The molecule has 0 radical (unpaired) electrons. The van der Waals surface area contributed by atoms with Gasteiger partial charge in [-0.25, -0.2) is 0 Å². The van der Waals surface area contributed by atoms with Gasteiger partial charge in [-0.2, -0.15) is 0 Å². The second kappa shape index (κ2) is 4.91. The molecule has 1 amide bonds. The lowest BCUT2D eigenvalue weighted by molar-refractivity contribution is -0.112. The van der Waals surface area contributed by atoms with Crippen molar-refractivity contribution < 1.29 is 19.1 Å². The molecule has 0 N–H and O–H groups in total. The van der Waals surface area contributed by atoms with Crippen LogP contribution < -0.4 is 9.47 Å². The molecule has 0 aromatic heterocycles. The fourth-order valence-electron chi connectivity index (χ4n) is 2.45. The quantitative estimate of drug-likeness (QED) is 0.756. The number of hydrogen-bond donors (Lipinski definition) is 0. The number of aldehydes is 1. The molecule has 5 heteroatoms. The lowest BCUT2D eigenvalue weighted by Crippen LogP contribution is -2.38. The van der Waals surface area contributed by atoms with Crippen molar-refractivity contribution in [2.45, 2.75) is 12.8 Å². The summed E-state index contributed by atoms with van der Waals surface area (Å²) < 4.78 is 10.5. The summed E-state index contributed by atoms with van der Waals surface area (Å²) in [6.07, 6.45) is 2.49. The fourth-order valence-corrected chi connectivity index (χ4v) is 2.45. The molecular formula is C14H15NO4. The Balaban J connectivity index is 1.72. The van der Waals surface area contributed by atoms with Crippen molar-refractivity contribution in [3.05, 3.63) is 23.8 Å². The van der Waals surface area contributed by atoms with Gasteiger partial charge in [0.1, 0.15) is 6.29 Å². The summed E-state index contributed by atoms with van der Waals surface area (Å²) in [5, 5.41) is 0. The molecule has 3 rings (SSSR count). The van der Waals surface area contributed by atoms with Crippen LogP contribution in [-0.4, -0.2) is 37.0 Å². The average Bonchev–Trinajstić information content (AvgIpc) is 2.94. The van der Waals surface area contributed by atoms with E-state index in [1.807, 2.05) is 0 Å². The molecule has 0 unspecified atom stereocenters. The van der Waals surface area contributed by atoms with Gasteiger partial charge in [0.2, 0.25) is 6.79 Å². The second-order valence-electron chi connectivity index (χ2n) is 4.83. The molecule has 1 aromatic rings. The Bertz CT molecular complexity index is 506. The van der Waals surface area contributed by atoms with Gasteiger partial charge in [0.15, 0.2) is 11.5 Å². The zero-order chi connectivity index (χ0) is 13.2. The number of hydrogen-bond acceptors (Lipinski definition) is 4. The van der Waals surface area contributed by atoms with Crippen LogP contribution >= 0.6 is 0 Å². The molecule has 0 bridgehead atoms. The standard InChI is InChI=1S/C14H15NO4/c16-8-10-3-5-15(6-4-10)14(17)11-1-2-12-13(7-11)19-9-18-12/h1-2,7-8,10H,3-6,9H2. The van der Waals surface area contributed by atoms with Gasteiger partial charge >= 0.3 is 0 Å². The number of piperidine rings is 1. The summed E-state index contributed by atoms with van der Waals surface area (Å²) in [6, 6.07) is 5.23. The number of benzene rings is 1. The predicted molar refractivity (Wildman–Crippen MR) is 67.3 cm³/mol. The van der Waals surface area contributed by atoms with Gasteiger partial charge in [-0.15, -0.1) is 0 Å². The fraction of sp³-hybridized carbons (Fsp3) is 0.429. The normalized spacial score (nSPS) is 18.4. The molecule has 5 nitrogen and oxygen atoms in total. The molecule has 1 saturated heterocycles. The third-order valence-electron chi connectivity index (χ3n) is 3.64. The summed E-state index contributed by atoms with van der Waals surface area (Å²) >= 11 is 0. The number of fused-ring (bicyclic) bond motifs is 1. The van der Waals surface area contributed by atoms with Crippen molar-refractivity contribution in [2.24, 2.45) is 5.92 Å². The van der Waals surface area contributed by atoms with Crippen LogP contribution in [0, 0.1) is 5.92 Å². The Morgan fingerprint density at radius 3 is 2.68 bits per heavy atom. The van der Waals surface area contributed by atoms with E-state index >= 15 is 0 Å². The van der Waals surface area contributed by atoms with Crippen molar-refractivity contribution >= 4 is 12.2 Å². The first-order chi connectivity index (χ1) is 9.28. The molecule has 2 aliphatic heterocycles. The Hall–Kier alpha value is -2.04. The third-order valence-corrected chi connectivity index (χ3v) is 3.64. The third kappa shape index (κ3) is 2.28. The van der Waals surface area contributed by atoms with Gasteiger partial charge in [-0.1, -0.05) is 0 Å². The summed E-state index contributed by atoms with van der Waals surface area (Å²) in [7, 11) is 0. The minimum absolute atomic E-state index is 0.0114. The number of nitrogens with zero attached hydrogens (tertiary/aromatic N) is 1. The first kappa shape index (κ1) is 12.0. The molecule has 1 fully saturated rings. The van der Waals surface area contributed by atoms with Crippen molar-refractivity contribution in [1.29, 1.82) is 0 Å². The number of carbonyl (C=O) groups excluding carboxylic acids is 2. The van der Waals surface area contributed by atoms with Crippen LogP contribution in [0.4, 0.5) is 0 Å². The molecule has 0 saturated carbocycles. The molecule has 0 spiro atoms. The van der Waals surface area contributed by atoms with Crippen LogP contribution in [0.2, 0.25) is 0 Å². The summed E-state index contributed by atoms with van der Waals surface area (Å²) in [5.41, 5.74) is 0.605. The van der Waals surface area contributed by atoms with E-state index in [0.717, 1.165) is 19.1 Å². The average molecular weight is 261 g/mol. The molecule has 1 aromatic carbocycles. The van der Waals surface area contributed by atoms with Gasteiger partial charge in [0.05, 0.1) is 0 Å². The van der Waals surface area contributed by atoms with E-state index in [0.29, 0.717) is 30.2 Å². The number of rotatable bonds is 2. The highest BCUT2D eigenvalue weighted by Crippen LogP contribution is 2.33. The van der Waals surface area contributed by atoms with Crippen molar-refractivity contribution in [2.75, 3.05) is 19.9 Å². The number of likely N-dealkylation sites (tertiary alicyclic amines) is 1. The van der Waals surface area contributed by atoms with Crippen molar-refractivity contribution in [3.63, 3.8) is 0 Å². The maximum absolute atomic E-state index is 12.3. The maximum Gasteiger partial charge on any atom is 0.253 e. The van der Waals surface area contributed by atoms with E-state index in [4.69, 9.17) is 9.47 Å². The highest BCUT2D eigenvalue weighted by atomic mass is 16.7. The van der Waals surface area contributed by atoms with E-state index in [2.05, 4.69) is 0 Å². The first-order valence-electron chi connectivity index (χ1n) is 6.42. The minimum atomic E-state index is -0.0114. The highest BCUT2D eigenvalue weighted by Gasteiger charge is 2.24. The molecule has 19 heavy (non-hydrogen) atoms. The smallest absolute Gasteiger partial charge is 0.253 e. The van der Waals surface area contributed by atoms with Crippen LogP contribution in [0.15, 0.2) is 18.2 Å². The topological polar surface area (TPSA) is 55.8 Å². The van der Waals surface area contributed by atoms with Gasteiger partial charge in [-0.3, -0.25) is 4.79 Å². The zero-order valence-electron chi connectivity index (χ0n) is 10.5. The SMILES string of the molecule is O=CC1CCN(C(=O)c2ccc3c(c2)OCO3)CC1. The van der Waals surface area contributed by atoms with Gasteiger partial charge in [0, 0.05) is 24.6 Å². The van der Waals surface area contributed by atoms with E-state index in [1.165, 1.54) is 0 Å². The Kier molecular flexibility index (Phi) is 3.11. The van der Waals surface area contributed by atoms with Gasteiger partial charge in [-0.05, 0) is 31.0 Å². The van der Waals surface area contributed by atoms with Crippen molar-refractivity contribution in [3.8, 4) is 11.5 Å². The van der Waals surface area contributed by atoms with E-state index in [-0.39, 0.29) is 18.6 Å². The van der Waals surface area contributed by atoms with Crippen LogP contribution in [0.3, 0.4) is 0 Å². The molecule has 2 aliphatic rings. The predicted octanol–water partition coefficient (Wildman–Crippen LogP) is 1.47. The Morgan fingerprint density at radius 1 is 1.21 bits per heavy atom. The lowest BCUT2D eigenvalue weighted by atomic mass is 9.98. The Morgan fingerprint density at radius 2 is 1.95 bits per heavy atom. The van der Waals surface area contributed by atoms with E-state index in [9.17, 15) is 9.59 Å². The molecule has 2 heterocycles. The highest BCUT2D eigenvalue weighted by molar-refractivity contribution is 5.95. The Labute approximate surface area is 111 Å². The summed E-state index contributed by atoms with van der Waals surface area (Å²) in [5.74, 6) is 1.38. The molecule has 0 atom stereocenters. The number of amides is 1. The monoisotopic (exact) mass is 261 g/mol. The number of carbonyl (C=O) groups is 2. The molecule has 0 aliphatic carbocycles. The van der Waals surface area contributed by atoms with Crippen LogP contribution in [-0.2, 0) is 4.79 Å². The van der Waals surface area contributed by atoms with Gasteiger partial charge in [0.25, 0.3) is 5.91 Å². The van der Waals surface area contributed by atoms with E-state index < -0.39 is 0 Å². The van der Waals surface area contributed by atoms with Crippen LogP contribution in [0.1, 0.15) is 23.2 Å². The number of ether oxygens (including phenoxy) is 2. The lowest BCUT2D eigenvalue weighted by Gasteiger charge is -2.29. The van der Waals surface area contributed by atoms with Crippen LogP contribution in [0.25, 0.3) is 0 Å². The second-order valence-corrected chi connectivity index (χ2v) is 4.83. The van der Waals surface area contributed by atoms with Crippen molar-refractivity contribution in [1.82, 2.24) is 4.90 Å². The minimum Gasteiger partial charge on any atom is -0.454 e. The van der Waals surface area contributed by atoms with E-state index in [1.54, 1.807) is 23.1 Å². The van der Waals surface area contributed by atoms with Crippen LogP contribution in [0.5, 0.6) is 11.5 Å². The summed E-state index contributed by atoms with van der Waals surface area (Å²) in [6.45, 7) is 1.48. The zero-order valence-corrected chi connectivity index (χ0v) is 10.5. The molecular weight excluding hydrogens is 246 g/mol. The molecule has 100 valence electrons. The first-order valence-corrected chi connectivity index (χ1v) is 6.42. The summed E-state index contributed by atoms with van der Waals surface area (Å²) in [4.78, 5) is 24.8. The largest absolute Gasteiger partial charge is 0.454 e.